The van der Waals surface area contributed by atoms with E-state index in [1.165, 1.54) is 4.90 Å². The quantitative estimate of drug-likeness (QED) is 0.734. The van der Waals surface area contributed by atoms with Crippen LogP contribution in [0, 0.1) is 13.8 Å². The summed E-state index contributed by atoms with van der Waals surface area (Å²) >= 11 is 7.63. The van der Waals surface area contributed by atoms with Gasteiger partial charge >= 0.3 is 6.03 Å². The Bertz CT molecular complexity index is 663. The van der Waals surface area contributed by atoms with Crippen molar-refractivity contribution in [1.82, 2.24) is 5.32 Å². The predicted molar refractivity (Wildman–Crippen MR) is 98.8 cm³/mol. The molecule has 0 unspecified atom stereocenters. The van der Waals surface area contributed by atoms with Crippen LogP contribution in [0.25, 0.3) is 0 Å². The van der Waals surface area contributed by atoms with Gasteiger partial charge in [0, 0.05) is 27.0 Å². The van der Waals surface area contributed by atoms with E-state index >= 15 is 0 Å². The minimum Gasteiger partial charge on any atom is -0.338 e. The van der Waals surface area contributed by atoms with Gasteiger partial charge in [0.2, 0.25) is 0 Å². The lowest BCUT2D eigenvalue weighted by Crippen LogP contribution is -2.29. The molecular formula is C18H21ClN2OS. The van der Waals surface area contributed by atoms with Crippen LogP contribution in [0.4, 0.5) is 10.5 Å². The van der Waals surface area contributed by atoms with E-state index in [2.05, 4.69) is 24.5 Å². The highest BCUT2D eigenvalue weighted by atomic mass is 35.5. The second-order valence-corrected chi connectivity index (χ2v) is 6.90. The van der Waals surface area contributed by atoms with Crippen molar-refractivity contribution in [2.45, 2.75) is 37.0 Å². The smallest absolute Gasteiger partial charge is 0.319 e. The van der Waals surface area contributed by atoms with Crippen LogP contribution in [0.1, 0.15) is 24.5 Å². The van der Waals surface area contributed by atoms with E-state index in [1.54, 1.807) is 11.8 Å². The fourth-order valence-electron chi connectivity index (χ4n) is 2.22. The van der Waals surface area contributed by atoms with Crippen molar-refractivity contribution in [3.63, 3.8) is 0 Å². The molecule has 0 bridgehead atoms. The van der Waals surface area contributed by atoms with E-state index in [1.807, 2.05) is 43.3 Å². The maximum absolute atomic E-state index is 11.8. The van der Waals surface area contributed by atoms with Crippen molar-refractivity contribution in [1.29, 1.82) is 0 Å². The highest BCUT2D eigenvalue weighted by molar-refractivity contribution is 7.99. The zero-order valence-corrected chi connectivity index (χ0v) is 15.1. The number of halogens is 1. The fraction of sp³-hybridized carbons (Fsp3) is 0.278. The Kier molecular flexibility index (Phi) is 6.37. The average Bonchev–Trinajstić information content (AvgIpc) is 2.50. The van der Waals surface area contributed by atoms with Gasteiger partial charge in [0.25, 0.3) is 0 Å². The molecule has 122 valence electrons. The molecule has 0 aliphatic rings. The Morgan fingerprint density at radius 1 is 1.13 bits per heavy atom. The number of hydrogen-bond donors (Lipinski definition) is 2. The molecule has 0 aliphatic heterocycles. The Hall–Kier alpha value is -1.65. The molecule has 0 fully saturated rings. The number of aryl methyl sites for hydroxylation is 2. The number of rotatable bonds is 5. The van der Waals surface area contributed by atoms with E-state index < -0.39 is 0 Å². The third-order valence-corrected chi connectivity index (χ3v) is 4.90. The summed E-state index contributed by atoms with van der Waals surface area (Å²) in [5.41, 5.74) is 3.08. The Morgan fingerprint density at radius 3 is 2.30 bits per heavy atom. The third-order valence-electron chi connectivity index (χ3n) is 3.29. The normalized spacial score (nSPS) is 10.4. The van der Waals surface area contributed by atoms with Crippen LogP contribution in [0.15, 0.2) is 46.2 Å². The molecule has 5 heteroatoms. The Labute approximate surface area is 146 Å². The van der Waals surface area contributed by atoms with E-state index in [0.29, 0.717) is 6.54 Å². The summed E-state index contributed by atoms with van der Waals surface area (Å²) in [5.74, 6) is 0. The second-order valence-electron chi connectivity index (χ2n) is 5.38. The molecule has 0 heterocycles. The van der Waals surface area contributed by atoms with Gasteiger partial charge in [-0.2, -0.15) is 0 Å². The number of carbonyl (C=O) groups is 1. The first kappa shape index (κ1) is 17.7. The molecule has 0 aliphatic carbocycles. The molecule has 2 rings (SSSR count). The lowest BCUT2D eigenvalue weighted by atomic mass is 10.1. The standard InChI is InChI=1S/C18H21ClN2OS/c1-4-9-20-18(22)21-15-10-12(2)17(13(3)11-15)23-16-7-5-14(19)6-8-16/h5-8,10-11H,4,9H2,1-3H3,(H2,20,21,22). The summed E-state index contributed by atoms with van der Waals surface area (Å²) in [6.45, 7) is 6.81. The molecule has 2 amide bonds. The van der Waals surface area contributed by atoms with Crippen molar-refractivity contribution in [2.75, 3.05) is 11.9 Å². The molecule has 3 nitrogen and oxygen atoms in total. The topological polar surface area (TPSA) is 41.1 Å². The number of hydrogen-bond acceptors (Lipinski definition) is 2. The van der Waals surface area contributed by atoms with Crippen LogP contribution >= 0.6 is 23.4 Å². The molecule has 0 spiro atoms. The van der Waals surface area contributed by atoms with Crippen molar-refractivity contribution in [2.24, 2.45) is 0 Å². The SMILES string of the molecule is CCCNC(=O)Nc1cc(C)c(Sc2ccc(Cl)cc2)c(C)c1. The maximum Gasteiger partial charge on any atom is 0.319 e. The van der Waals surface area contributed by atoms with Gasteiger partial charge in [-0.3, -0.25) is 0 Å². The van der Waals surface area contributed by atoms with E-state index in [9.17, 15) is 4.79 Å². The second kappa shape index (κ2) is 8.27. The fourth-order valence-corrected chi connectivity index (χ4v) is 3.29. The van der Waals surface area contributed by atoms with Gasteiger partial charge in [0.05, 0.1) is 0 Å². The molecule has 0 saturated heterocycles. The monoisotopic (exact) mass is 348 g/mol. The summed E-state index contributed by atoms with van der Waals surface area (Å²) in [4.78, 5) is 14.1. The van der Waals surface area contributed by atoms with Crippen LogP contribution in [0.2, 0.25) is 5.02 Å². The van der Waals surface area contributed by atoms with Crippen molar-refractivity contribution in [3.8, 4) is 0 Å². The summed E-state index contributed by atoms with van der Waals surface area (Å²) < 4.78 is 0. The van der Waals surface area contributed by atoms with Crippen LogP contribution < -0.4 is 10.6 Å². The zero-order chi connectivity index (χ0) is 16.8. The van der Waals surface area contributed by atoms with Crippen LogP contribution in [-0.2, 0) is 0 Å². The minimum absolute atomic E-state index is 0.163. The summed E-state index contributed by atoms with van der Waals surface area (Å²) in [6, 6.07) is 11.6. The number of carbonyl (C=O) groups excluding carboxylic acids is 1. The van der Waals surface area contributed by atoms with Crippen LogP contribution in [0.5, 0.6) is 0 Å². The van der Waals surface area contributed by atoms with Gasteiger partial charge in [-0.15, -0.1) is 0 Å². The number of nitrogens with one attached hydrogen (secondary N) is 2. The van der Waals surface area contributed by atoms with E-state index in [0.717, 1.165) is 33.2 Å². The van der Waals surface area contributed by atoms with Gasteiger partial charge in [0.1, 0.15) is 0 Å². The van der Waals surface area contributed by atoms with Gasteiger partial charge in [-0.25, -0.2) is 4.79 Å². The first-order valence-electron chi connectivity index (χ1n) is 7.59. The van der Waals surface area contributed by atoms with Gasteiger partial charge < -0.3 is 10.6 Å². The lowest BCUT2D eigenvalue weighted by Gasteiger charge is -2.13. The van der Waals surface area contributed by atoms with Crippen molar-refractivity contribution in [3.05, 3.63) is 52.5 Å². The summed E-state index contributed by atoms with van der Waals surface area (Å²) in [7, 11) is 0. The summed E-state index contributed by atoms with van der Waals surface area (Å²) in [5, 5.41) is 6.43. The lowest BCUT2D eigenvalue weighted by molar-refractivity contribution is 0.252. The molecule has 2 aromatic rings. The average molecular weight is 349 g/mol. The molecule has 2 N–H and O–H groups in total. The number of benzene rings is 2. The van der Waals surface area contributed by atoms with Gasteiger partial charge in [-0.1, -0.05) is 30.3 Å². The van der Waals surface area contributed by atoms with Crippen LogP contribution in [-0.4, -0.2) is 12.6 Å². The number of amides is 2. The molecule has 0 aromatic heterocycles. The number of urea groups is 1. The first-order chi connectivity index (χ1) is 11.0. The molecule has 0 saturated carbocycles. The minimum atomic E-state index is -0.163. The maximum atomic E-state index is 11.8. The van der Waals surface area contributed by atoms with E-state index in [-0.39, 0.29) is 6.03 Å². The van der Waals surface area contributed by atoms with Crippen molar-refractivity contribution < 1.29 is 4.79 Å². The molecule has 23 heavy (non-hydrogen) atoms. The highest BCUT2D eigenvalue weighted by Crippen LogP contribution is 2.35. The Balaban J connectivity index is 2.13. The molecular weight excluding hydrogens is 328 g/mol. The van der Waals surface area contributed by atoms with E-state index in [4.69, 9.17) is 11.6 Å². The molecule has 0 atom stereocenters. The van der Waals surface area contributed by atoms with Crippen molar-refractivity contribution >= 4 is 35.1 Å². The number of anilines is 1. The molecule has 2 aromatic carbocycles. The largest absolute Gasteiger partial charge is 0.338 e. The first-order valence-corrected chi connectivity index (χ1v) is 8.78. The van der Waals surface area contributed by atoms with Gasteiger partial charge in [0.15, 0.2) is 0 Å². The molecule has 0 radical (unpaired) electrons. The third kappa shape index (κ3) is 5.19. The summed E-state index contributed by atoms with van der Waals surface area (Å²) in [6.07, 6.45) is 0.919. The van der Waals surface area contributed by atoms with Crippen LogP contribution in [0.3, 0.4) is 0 Å². The predicted octanol–water partition coefficient (Wildman–Crippen LogP) is 5.64. The Morgan fingerprint density at radius 2 is 1.74 bits per heavy atom. The van der Waals surface area contributed by atoms with Gasteiger partial charge in [-0.05, 0) is 67.8 Å². The highest BCUT2D eigenvalue weighted by Gasteiger charge is 2.09. The zero-order valence-electron chi connectivity index (χ0n) is 13.6.